The summed E-state index contributed by atoms with van der Waals surface area (Å²) in [6.45, 7) is 7.46. The predicted octanol–water partition coefficient (Wildman–Crippen LogP) is 2.67. The van der Waals surface area contributed by atoms with Gasteiger partial charge in [0.1, 0.15) is 0 Å². The highest BCUT2D eigenvalue weighted by Gasteiger charge is 2.32. The van der Waals surface area contributed by atoms with Crippen LogP contribution in [0.25, 0.3) is 0 Å². The zero-order valence-electron chi connectivity index (χ0n) is 9.05. The third-order valence-electron chi connectivity index (χ3n) is 4.22. The van der Waals surface area contributed by atoms with Gasteiger partial charge in [-0.1, -0.05) is 26.7 Å². The molecule has 0 aromatic carbocycles. The second-order valence-electron chi connectivity index (χ2n) is 5.31. The lowest BCUT2D eigenvalue weighted by molar-refractivity contribution is 0.147. The molecular weight excluding hydrogens is 158 g/mol. The summed E-state index contributed by atoms with van der Waals surface area (Å²) < 4.78 is 0. The van der Waals surface area contributed by atoms with Gasteiger partial charge in [-0.25, -0.2) is 0 Å². The van der Waals surface area contributed by atoms with Gasteiger partial charge in [0.15, 0.2) is 0 Å². The van der Waals surface area contributed by atoms with E-state index in [2.05, 4.69) is 19.2 Å². The summed E-state index contributed by atoms with van der Waals surface area (Å²) in [7, 11) is 0. The maximum absolute atomic E-state index is 3.51. The first kappa shape index (κ1) is 9.51. The Morgan fingerprint density at radius 1 is 1.08 bits per heavy atom. The zero-order valence-corrected chi connectivity index (χ0v) is 9.05. The molecule has 0 aromatic rings. The minimum absolute atomic E-state index is 0.987. The summed E-state index contributed by atoms with van der Waals surface area (Å²) in [5.74, 6) is 4.00. The van der Waals surface area contributed by atoms with Crippen LogP contribution in [-0.4, -0.2) is 13.1 Å². The first-order chi connectivity index (χ1) is 6.27. The molecular formula is C12H23N. The Kier molecular flexibility index (Phi) is 2.92. The Bertz CT molecular complexity index is 161. The first-order valence-electron chi connectivity index (χ1n) is 5.98. The van der Waals surface area contributed by atoms with Gasteiger partial charge in [-0.05, 0) is 49.6 Å². The lowest BCUT2D eigenvalue weighted by Gasteiger charge is -2.36. The molecule has 2 rings (SSSR count). The van der Waals surface area contributed by atoms with E-state index < -0.39 is 0 Å². The highest BCUT2D eigenvalue weighted by Crippen LogP contribution is 2.39. The second kappa shape index (κ2) is 4.00. The van der Waals surface area contributed by atoms with E-state index in [1.165, 1.54) is 38.8 Å². The van der Waals surface area contributed by atoms with Gasteiger partial charge in [-0.15, -0.1) is 0 Å². The van der Waals surface area contributed by atoms with Gasteiger partial charge in [0, 0.05) is 0 Å². The second-order valence-corrected chi connectivity index (χ2v) is 5.31. The number of nitrogens with one attached hydrogen (secondary N) is 1. The molecule has 2 aliphatic rings. The van der Waals surface area contributed by atoms with Crippen LogP contribution in [0.5, 0.6) is 0 Å². The minimum atomic E-state index is 0.987. The molecule has 4 atom stereocenters. The topological polar surface area (TPSA) is 12.0 Å². The molecule has 1 saturated heterocycles. The average Bonchev–Trinajstić information content (AvgIpc) is 2.61. The van der Waals surface area contributed by atoms with Crippen LogP contribution in [0.4, 0.5) is 0 Å². The molecule has 0 radical (unpaired) electrons. The van der Waals surface area contributed by atoms with Crippen LogP contribution in [-0.2, 0) is 0 Å². The molecule has 1 heterocycles. The van der Waals surface area contributed by atoms with Crippen LogP contribution in [0.2, 0.25) is 0 Å². The van der Waals surface area contributed by atoms with Gasteiger partial charge in [-0.2, -0.15) is 0 Å². The minimum Gasteiger partial charge on any atom is -0.316 e. The van der Waals surface area contributed by atoms with Crippen molar-refractivity contribution in [1.29, 1.82) is 0 Å². The van der Waals surface area contributed by atoms with E-state index in [1.54, 1.807) is 0 Å². The van der Waals surface area contributed by atoms with Crippen LogP contribution in [0.3, 0.4) is 0 Å². The molecule has 13 heavy (non-hydrogen) atoms. The maximum Gasteiger partial charge on any atom is -0.00173 e. The first-order valence-corrected chi connectivity index (χ1v) is 5.98. The van der Waals surface area contributed by atoms with Crippen LogP contribution < -0.4 is 5.32 Å². The van der Waals surface area contributed by atoms with Crippen molar-refractivity contribution in [2.75, 3.05) is 13.1 Å². The van der Waals surface area contributed by atoms with Crippen LogP contribution in [0.1, 0.15) is 39.5 Å². The fourth-order valence-electron chi connectivity index (χ4n) is 3.28. The van der Waals surface area contributed by atoms with Crippen molar-refractivity contribution < 1.29 is 0 Å². The van der Waals surface area contributed by atoms with E-state index >= 15 is 0 Å². The van der Waals surface area contributed by atoms with Crippen molar-refractivity contribution in [3.05, 3.63) is 0 Å². The van der Waals surface area contributed by atoms with Gasteiger partial charge in [-0.3, -0.25) is 0 Å². The van der Waals surface area contributed by atoms with Crippen molar-refractivity contribution in [1.82, 2.24) is 5.32 Å². The van der Waals surface area contributed by atoms with E-state index in [1.807, 2.05) is 0 Å². The molecule has 1 nitrogen and oxygen atoms in total. The molecule has 0 amide bonds. The molecule has 0 spiro atoms. The van der Waals surface area contributed by atoms with Crippen molar-refractivity contribution in [2.45, 2.75) is 39.5 Å². The van der Waals surface area contributed by atoms with E-state index in [0.29, 0.717) is 0 Å². The summed E-state index contributed by atoms with van der Waals surface area (Å²) in [4.78, 5) is 0. The maximum atomic E-state index is 3.51. The SMILES string of the molecule is CC1CCC(C)C(C2CCNC2)C1. The third-order valence-corrected chi connectivity index (χ3v) is 4.22. The summed E-state index contributed by atoms with van der Waals surface area (Å²) in [6.07, 6.45) is 5.87. The smallest absolute Gasteiger partial charge is 0.00173 e. The summed E-state index contributed by atoms with van der Waals surface area (Å²) in [5.41, 5.74) is 0. The highest BCUT2D eigenvalue weighted by atomic mass is 14.9. The molecule has 1 aliphatic heterocycles. The molecule has 1 saturated carbocycles. The summed E-state index contributed by atoms with van der Waals surface area (Å²) in [5, 5.41) is 3.51. The van der Waals surface area contributed by atoms with Crippen molar-refractivity contribution in [2.24, 2.45) is 23.7 Å². The van der Waals surface area contributed by atoms with Gasteiger partial charge in [0.25, 0.3) is 0 Å². The van der Waals surface area contributed by atoms with E-state index in [-0.39, 0.29) is 0 Å². The molecule has 0 bridgehead atoms. The normalized spacial score (nSPS) is 46.6. The van der Waals surface area contributed by atoms with Gasteiger partial charge in [0.2, 0.25) is 0 Å². The molecule has 4 unspecified atom stereocenters. The molecule has 1 N–H and O–H groups in total. The Balaban J connectivity index is 1.94. The zero-order chi connectivity index (χ0) is 9.26. The largest absolute Gasteiger partial charge is 0.316 e. The van der Waals surface area contributed by atoms with Crippen molar-refractivity contribution >= 4 is 0 Å². The fourth-order valence-corrected chi connectivity index (χ4v) is 3.28. The van der Waals surface area contributed by atoms with Gasteiger partial charge < -0.3 is 5.32 Å². The lowest BCUT2D eigenvalue weighted by Crippen LogP contribution is -2.29. The quantitative estimate of drug-likeness (QED) is 0.656. The predicted molar refractivity (Wildman–Crippen MR) is 56.6 cm³/mol. The number of rotatable bonds is 1. The molecule has 0 aromatic heterocycles. The molecule has 1 aliphatic carbocycles. The van der Waals surface area contributed by atoms with Crippen LogP contribution in [0.15, 0.2) is 0 Å². The number of hydrogen-bond donors (Lipinski definition) is 1. The Hall–Kier alpha value is -0.0400. The highest BCUT2D eigenvalue weighted by molar-refractivity contribution is 4.85. The van der Waals surface area contributed by atoms with Crippen molar-refractivity contribution in [3.63, 3.8) is 0 Å². The summed E-state index contributed by atoms with van der Waals surface area (Å²) in [6, 6.07) is 0. The van der Waals surface area contributed by atoms with E-state index in [9.17, 15) is 0 Å². The van der Waals surface area contributed by atoms with Crippen molar-refractivity contribution in [3.8, 4) is 0 Å². The molecule has 2 fully saturated rings. The lowest BCUT2D eigenvalue weighted by atomic mass is 9.69. The Morgan fingerprint density at radius 3 is 2.62 bits per heavy atom. The van der Waals surface area contributed by atoms with E-state index in [0.717, 1.165) is 23.7 Å². The standard InChI is InChI=1S/C12H23N/c1-9-3-4-10(2)12(7-9)11-5-6-13-8-11/h9-13H,3-8H2,1-2H3. The molecule has 1 heteroatoms. The summed E-state index contributed by atoms with van der Waals surface area (Å²) >= 11 is 0. The number of hydrogen-bond acceptors (Lipinski definition) is 1. The average molecular weight is 181 g/mol. The van der Waals surface area contributed by atoms with Crippen LogP contribution >= 0.6 is 0 Å². The monoisotopic (exact) mass is 181 g/mol. The molecule has 76 valence electrons. The Labute approximate surface area is 82.3 Å². The Morgan fingerprint density at radius 2 is 1.92 bits per heavy atom. The van der Waals surface area contributed by atoms with E-state index in [4.69, 9.17) is 0 Å². The van der Waals surface area contributed by atoms with Gasteiger partial charge >= 0.3 is 0 Å². The van der Waals surface area contributed by atoms with Gasteiger partial charge in [0.05, 0.1) is 0 Å². The third kappa shape index (κ3) is 2.07. The fraction of sp³-hybridized carbons (Fsp3) is 1.00. The van der Waals surface area contributed by atoms with Crippen LogP contribution in [0, 0.1) is 23.7 Å².